The fraction of sp³-hybridized carbons (Fsp3) is 0.857. The van der Waals surface area contributed by atoms with E-state index in [1.54, 1.807) is 6.92 Å². The summed E-state index contributed by atoms with van der Waals surface area (Å²) in [5.74, 6) is -0.547. The number of esters is 1. The molecule has 2 N–H and O–H groups in total. The maximum absolute atomic E-state index is 12.4. The lowest BCUT2D eigenvalue weighted by molar-refractivity contribution is -0.157. The van der Waals surface area contributed by atoms with Crippen LogP contribution in [0.2, 0.25) is 0 Å². The van der Waals surface area contributed by atoms with Crippen molar-refractivity contribution < 1.29 is 14.3 Å². The zero-order valence-corrected chi connectivity index (χ0v) is 12.8. The van der Waals surface area contributed by atoms with Crippen molar-refractivity contribution in [2.24, 2.45) is 0 Å². The molecular weight excluding hydrogens is 244 g/mol. The first-order valence-corrected chi connectivity index (χ1v) is 6.77. The minimum atomic E-state index is -0.944. The molecule has 1 heterocycles. The van der Waals surface area contributed by atoms with E-state index < -0.39 is 5.54 Å². The molecule has 0 saturated carbocycles. The molecule has 0 radical (unpaired) electrons. The van der Waals surface area contributed by atoms with Gasteiger partial charge in [-0.15, -0.1) is 0 Å². The first kappa shape index (κ1) is 16.0. The second-order valence-corrected chi connectivity index (χ2v) is 6.73. The largest absolute Gasteiger partial charge is 0.464 e. The van der Waals surface area contributed by atoms with E-state index in [1.807, 2.05) is 27.7 Å². The highest BCUT2D eigenvalue weighted by molar-refractivity contribution is 5.87. The summed E-state index contributed by atoms with van der Waals surface area (Å²) < 4.78 is 5.19. The average molecular weight is 270 g/mol. The van der Waals surface area contributed by atoms with Crippen molar-refractivity contribution in [2.45, 2.75) is 71.0 Å². The molecule has 5 nitrogen and oxygen atoms in total. The third kappa shape index (κ3) is 3.93. The molecule has 0 bridgehead atoms. The summed E-state index contributed by atoms with van der Waals surface area (Å²) in [4.78, 5) is 23.9. The van der Waals surface area contributed by atoms with Gasteiger partial charge in [0.1, 0.15) is 5.54 Å². The molecule has 0 aliphatic carbocycles. The minimum Gasteiger partial charge on any atom is -0.464 e. The topological polar surface area (TPSA) is 67.4 Å². The van der Waals surface area contributed by atoms with Crippen molar-refractivity contribution in [3.8, 4) is 0 Å². The Labute approximate surface area is 115 Å². The zero-order valence-electron chi connectivity index (χ0n) is 12.8. The van der Waals surface area contributed by atoms with E-state index in [0.29, 0.717) is 19.4 Å². The van der Waals surface area contributed by atoms with E-state index in [0.717, 1.165) is 0 Å². The first-order chi connectivity index (χ1) is 8.52. The van der Waals surface area contributed by atoms with Gasteiger partial charge in [0, 0.05) is 18.0 Å². The predicted octanol–water partition coefficient (Wildman–Crippen LogP) is 1.36. The van der Waals surface area contributed by atoms with E-state index in [9.17, 15) is 9.59 Å². The van der Waals surface area contributed by atoms with Crippen LogP contribution in [0.15, 0.2) is 0 Å². The Morgan fingerprint density at radius 3 is 2.00 bits per heavy atom. The molecule has 1 saturated heterocycles. The van der Waals surface area contributed by atoms with Gasteiger partial charge in [-0.25, -0.2) is 4.79 Å². The van der Waals surface area contributed by atoms with Gasteiger partial charge in [0.2, 0.25) is 5.91 Å². The van der Waals surface area contributed by atoms with Crippen molar-refractivity contribution in [1.82, 2.24) is 10.6 Å². The standard InChI is InChI=1S/C14H26N2O3/c1-7-19-11(18)14(15-10(2)17)8-12(3,4)16-13(5,6)9-14/h16H,7-9H2,1-6H3,(H,15,17). The van der Waals surface area contributed by atoms with Crippen LogP contribution in [0, 0.1) is 0 Å². The Bertz CT molecular complexity index is 359. The Balaban J connectivity index is 3.14. The molecule has 1 amide bonds. The Morgan fingerprint density at radius 2 is 1.63 bits per heavy atom. The molecule has 0 spiro atoms. The number of rotatable bonds is 3. The van der Waals surface area contributed by atoms with Crippen LogP contribution in [0.1, 0.15) is 54.4 Å². The third-order valence-electron chi connectivity index (χ3n) is 3.25. The maximum Gasteiger partial charge on any atom is 0.331 e. The van der Waals surface area contributed by atoms with E-state index in [4.69, 9.17) is 4.74 Å². The predicted molar refractivity (Wildman–Crippen MR) is 73.7 cm³/mol. The summed E-state index contributed by atoms with van der Waals surface area (Å²) in [5, 5.41) is 6.34. The van der Waals surface area contributed by atoms with Gasteiger partial charge in [0.05, 0.1) is 6.61 Å². The van der Waals surface area contributed by atoms with Crippen LogP contribution in [0.5, 0.6) is 0 Å². The van der Waals surface area contributed by atoms with Gasteiger partial charge in [-0.2, -0.15) is 0 Å². The summed E-state index contributed by atoms with van der Waals surface area (Å²) in [6.45, 7) is 11.6. The van der Waals surface area contributed by atoms with Crippen molar-refractivity contribution in [2.75, 3.05) is 6.61 Å². The Kier molecular flexibility index (Phi) is 4.30. The highest BCUT2D eigenvalue weighted by atomic mass is 16.5. The second kappa shape index (κ2) is 5.12. The molecule has 0 unspecified atom stereocenters. The lowest BCUT2D eigenvalue weighted by atomic mass is 9.70. The number of amides is 1. The van der Waals surface area contributed by atoms with Gasteiger partial charge in [-0.3, -0.25) is 4.79 Å². The van der Waals surface area contributed by atoms with Crippen molar-refractivity contribution >= 4 is 11.9 Å². The minimum absolute atomic E-state index is 0.207. The van der Waals surface area contributed by atoms with Crippen LogP contribution in [-0.4, -0.2) is 35.1 Å². The summed E-state index contributed by atoms with van der Waals surface area (Å²) in [6, 6.07) is 0. The lowest BCUT2D eigenvalue weighted by Crippen LogP contribution is -2.70. The molecule has 1 rings (SSSR count). The number of piperidine rings is 1. The molecule has 1 aliphatic rings. The Hall–Kier alpha value is -1.10. The number of ether oxygens (including phenoxy) is 1. The van der Waals surface area contributed by atoms with Gasteiger partial charge in [-0.1, -0.05) is 0 Å². The number of carbonyl (C=O) groups excluding carboxylic acids is 2. The zero-order chi connectivity index (χ0) is 14.9. The van der Waals surface area contributed by atoms with E-state index in [-0.39, 0.29) is 23.0 Å². The molecule has 0 aromatic heterocycles. The Morgan fingerprint density at radius 1 is 1.16 bits per heavy atom. The highest BCUT2D eigenvalue weighted by Gasteiger charge is 2.52. The van der Waals surface area contributed by atoms with Gasteiger partial charge < -0.3 is 15.4 Å². The van der Waals surface area contributed by atoms with E-state index >= 15 is 0 Å². The smallest absolute Gasteiger partial charge is 0.331 e. The number of hydrogen-bond acceptors (Lipinski definition) is 4. The van der Waals surface area contributed by atoms with Gasteiger partial charge >= 0.3 is 5.97 Å². The summed E-state index contributed by atoms with van der Waals surface area (Å²) >= 11 is 0. The molecule has 0 atom stereocenters. The average Bonchev–Trinajstić information content (AvgIpc) is 2.10. The molecule has 0 aromatic carbocycles. The van der Waals surface area contributed by atoms with Crippen molar-refractivity contribution in [3.63, 3.8) is 0 Å². The molecule has 1 aliphatic heterocycles. The van der Waals surface area contributed by atoms with Gasteiger partial charge in [-0.05, 0) is 47.5 Å². The normalized spacial score (nSPS) is 23.5. The van der Waals surface area contributed by atoms with Crippen molar-refractivity contribution in [1.29, 1.82) is 0 Å². The summed E-state index contributed by atoms with van der Waals surface area (Å²) in [7, 11) is 0. The van der Waals surface area contributed by atoms with E-state index in [2.05, 4.69) is 10.6 Å². The van der Waals surface area contributed by atoms with Crippen LogP contribution in [0.3, 0.4) is 0 Å². The van der Waals surface area contributed by atoms with Crippen molar-refractivity contribution in [3.05, 3.63) is 0 Å². The van der Waals surface area contributed by atoms with Crippen LogP contribution in [-0.2, 0) is 14.3 Å². The molecule has 1 fully saturated rings. The van der Waals surface area contributed by atoms with E-state index in [1.165, 1.54) is 6.92 Å². The molecule has 19 heavy (non-hydrogen) atoms. The van der Waals surface area contributed by atoms with Gasteiger partial charge in [0.25, 0.3) is 0 Å². The van der Waals surface area contributed by atoms with Crippen LogP contribution >= 0.6 is 0 Å². The lowest BCUT2D eigenvalue weighted by Gasteiger charge is -2.51. The van der Waals surface area contributed by atoms with Crippen LogP contribution in [0.4, 0.5) is 0 Å². The maximum atomic E-state index is 12.4. The fourth-order valence-electron chi connectivity index (χ4n) is 3.47. The summed E-state index contributed by atoms with van der Waals surface area (Å²) in [6.07, 6.45) is 1.03. The molecule has 0 aromatic rings. The summed E-state index contributed by atoms with van der Waals surface area (Å²) in [5.41, 5.74) is -1.45. The SMILES string of the molecule is CCOC(=O)C1(NC(C)=O)CC(C)(C)NC(C)(C)C1. The molecular formula is C14H26N2O3. The molecule has 5 heteroatoms. The monoisotopic (exact) mass is 270 g/mol. The molecule has 110 valence electrons. The highest BCUT2D eigenvalue weighted by Crippen LogP contribution is 2.36. The van der Waals surface area contributed by atoms with Gasteiger partial charge in [0.15, 0.2) is 0 Å². The van der Waals surface area contributed by atoms with Crippen LogP contribution in [0.25, 0.3) is 0 Å². The second-order valence-electron chi connectivity index (χ2n) is 6.73. The quantitative estimate of drug-likeness (QED) is 0.760. The third-order valence-corrected chi connectivity index (χ3v) is 3.25. The van der Waals surface area contributed by atoms with Crippen LogP contribution < -0.4 is 10.6 Å². The number of carbonyl (C=O) groups is 2. The number of nitrogens with one attached hydrogen (secondary N) is 2. The number of hydrogen-bond donors (Lipinski definition) is 2. The first-order valence-electron chi connectivity index (χ1n) is 6.77. The fourth-order valence-corrected chi connectivity index (χ4v) is 3.47.